The second-order valence-electron chi connectivity index (χ2n) is 3.88. The number of hydrogen-bond donors (Lipinski definition) is 2. The molecule has 0 aliphatic carbocycles. The average Bonchev–Trinajstić information content (AvgIpc) is 2.54. The molecule has 1 aliphatic rings. The van der Waals surface area contributed by atoms with E-state index in [1.165, 1.54) is 11.3 Å². The van der Waals surface area contributed by atoms with Gasteiger partial charge in [-0.25, -0.2) is 0 Å². The number of amides is 1. The highest BCUT2D eigenvalue weighted by molar-refractivity contribution is 5.73. The second kappa shape index (κ2) is 4.02. The maximum absolute atomic E-state index is 10.7. The molecule has 0 saturated heterocycles. The van der Waals surface area contributed by atoms with Crippen LogP contribution >= 0.6 is 0 Å². The third-order valence-corrected chi connectivity index (χ3v) is 2.78. The Bertz CT molecular complexity index is 383. The molecule has 15 heavy (non-hydrogen) atoms. The van der Waals surface area contributed by atoms with Crippen LogP contribution in [0, 0.1) is 6.92 Å². The topological polar surface area (TPSA) is 72.9 Å². The van der Waals surface area contributed by atoms with Gasteiger partial charge in [0.2, 0.25) is 5.91 Å². The van der Waals surface area contributed by atoms with Crippen molar-refractivity contribution >= 4 is 5.91 Å². The van der Waals surface area contributed by atoms with Gasteiger partial charge in [-0.1, -0.05) is 0 Å². The fraction of sp³-hybridized carbons (Fsp3) is 0.600. The van der Waals surface area contributed by atoms with Gasteiger partial charge in [-0.3, -0.25) is 9.48 Å². The molecule has 2 heterocycles. The highest BCUT2D eigenvalue weighted by Crippen LogP contribution is 2.17. The largest absolute Gasteiger partial charge is 0.370 e. The zero-order chi connectivity index (χ0) is 10.8. The van der Waals surface area contributed by atoms with Gasteiger partial charge in [0.05, 0.1) is 5.69 Å². The Hall–Kier alpha value is -1.36. The van der Waals surface area contributed by atoms with Crippen LogP contribution in [0.1, 0.15) is 23.4 Å². The summed E-state index contributed by atoms with van der Waals surface area (Å²) in [6.45, 7) is 4.48. The van der Waals surface area contributed by atoms with Crippen molar-refractivity contribution in [1.82, 2.24) is 15.1 Å². The highest BCUT2D eigenvalue weighted by Gasteiger charge is 2.17. The lowest BCUT2D eigenvalue weighted by Gasteiger charge is -2.15. The molecule has 0 bridgehead atoms. The normalized spacial score (nSPS) is 15.0. The number of hydrogen-bond acceptors (Lipinski definition) is 3. The van der Waals surface area contributed by atoms with Gasteiger partial charge >= 0.3 is 0 Å². The minimum Gasteiger partial charge on any atom is -0.370 e. The minimum atomic E-state index is -0.272. The molecule has 0 fully saturated rings. The number of rotatable bonds is 3. The molecule has 1 aliphatic heterocycles. The van der Waals surface area contributed by atoms with Crippen molar-refractivity contribution in [3.63, 3.8) is 0 Å². The molecule has 1 aromatic heterocycles. The zero-order valence-electron chi connectivity index (χ0n) is 8.92. The van der Waals surface area contributed by atoms with Crippen LogP contribution in [-0.2, 0) is 24.3 Å². The SMILES string of the molecule is Cc1nn(CCC(N)=O)c2c1CNCC2. The van der Waals surface area contributed by atoms with E-state index < -0.39 is 0 Å². The zero-order valence-corrected chi connectivity index (χ0v) is 8.92. The van der Waals surface area contributed by atoms with Crippen LogP contribution in [0.15, 0.2) is 0 Å². The number of aryl methyl sites for hydroxylation is 2. The summed E-state index contributed by atoms with van der Waals surface area (Å²) in [5.74, 6) is -0.272. The van der Waals surface area contributed by atoms with Gasteiger partial charge in [0.15, 0.2) is 0 Å². The summed E-state index contributed by atoms with van der Waals surface area (Å²) in [6.07, 6.45) is 1.34. The Morgan fingerprint density at radius 3 is 3.20 bits per heavy atom. The average molecular weight is 208 g/mol. The number of primary amides is 1. The first kappa shape index (κ1) is 10.2. The van der Waals surface area contributed by atoms with Gasteiger partial charge in [-0.2, -0.15) is 5.10 Å². The molecule has 5 nitrogen and oxygen atoms in total. The smallest absolute Gasteiger partial charge is 0.219 e. The first-order chi connectivity index (χ1) is 7.18. The quantitative estimate of drug-likeness (QED) is 0.717. The molecule has 0 saturated carbocycles. The van der Waals surface area contributed by atoms with Gasteiger partial charge in [0.25, 0.3) is 0 Å². The monoisotopic (exact) mass is 208 g/mol. The van der Waals surface area contributed by atoms with Gasteiger partial charge in [-0.15, -0.1) is 0 Å². The van der Waals surface area contributed by atoms with Crippen molar-refractivity contribution in [3.05, 3.63) is 17.0 Å². The Kier molecular flexibility index (Phi) is 2.73. The predicted octanol–water partition coefficient (Wildman–Crippen LogP) is -0.287. The molecule has 0 unspecified atom stereocenters. The molecule has 0 radical (unpaired) electrons. The first-order valence-electron chi connectivity index (χ1n) is 5.22. The van der Waals surface area contributed by atoms with E-state index in [4.69, 9.17) is 5.73 Å². The first-order valence-corrected chi connectivity index (χ1v) is 5.22. The van der Waals surface area contributed by atoms with Crippen LogP contribution in [0.4, 0.5) is 0 Å². The van der Waals surface area contributed by atoms with E-state index in [0.717, 1.165) is 25.2 Å². The van der Waals surface area contributed by atoms with E-state index in [2.05, 4.69) is 10.4 Å². The van der Waals surface area contributed by atoms with Gasteiger partial charge in [-0.05, 0) is 6.92 Å². The number of nitrogens with zero attached hydrogens (tertiary/aromatic N) is 2. The van der Waals surface area contributed by atoms with Crippen molar-refractivity contribution in [3.8, 4) is 0 Å². The van der Waals surface area contributed by atoms with Crippen molar-refractivity contribution < 1.29 is 4.79 Å². The minimum absolute atomic E-state index is 0.272. The summed E-state index contributed by atoms with van der Waals surface area (Å²) in [5.41, 5.74) is 8.73. The van der Waals surface area contributed by atoms with Crippen LogP contribution in [0.3, 0.4) is 0 Å². The van der Waals surface area contributed by atoms with Crippen LogP contribution in [0.2, 0.25) is 0 Å². The summed E-state index contributed by atoms with van der Waals surface area (Å²) in [6, 6.07) is 0. The molecule has 0 aromatic carbocycles. The molecule has 1 aromatic rings. The van der Waals surface area contributed by atoms with E-state index in [-0.39, 0.29) is 5.91 Å². The molecular formula is C10H16N4O. The van der Waals surface area contributed by atoms with Crippen LogP contribution in [0.5, 0.6) is 0 Å². The lowest BCUT2D eigenvalue weighted by Crippen LogP contribution is -2.25. The number of aromatic nitrogens is 2. The lowest BCUT2D eigenvalue weighted by molar-refractivity contribution is -0.118. The van der Waals surface area contributed by atoms with Crippen molar-refractivity contribution in [1.29, 1.82) is 0 Å². The third kappa shape index (κ3) is 2.02. The standard InChI is InChI=1S/C10H16N4O/c1-7-8-6-12-4-2-9(8)14(13-7)5-3-10(11)15/h12H,2-6H2,1H3,(H2,11,15). The number of nitrogens with two attached hydrogens (primary N) is 1. The predicted molar refractivity (Wildman–Crippen MR) is 56.2 cm³/mol. The van der Waals surface area contributed by atoms with Gasteiger partial charge in [0.1, 0.15) is 0 Å². The fourth-order valence-electron chi connectivity index (χ4n) is 2.00. The van der Waals surface area contributed by atoms with E-state index in [9.17, 15) is 4.79 Å². The molecule has 2 rings (SSSR count). The number of carbonyl (C=O) groups excluding carboxylic acids is 1. The Morgan fingerprint density at radius 2 is 2.47 bits per heavy atom. The Balaban J connectivity index is 2.20. The second-order valence-corrected chi connectivity index (χ2v) is 3.88. The molecule has 3 N–H and O–H groups in total. The van der Waals surface area contributed by atoms with E-state index >= 15 is 0 Å². The van der Waals surface area contributed by atoms with Crippen molar-refractivity contribution in [2.45, 2.75) is 32.9 Å². The van der Waals surface area contributed by atoms with Gasteiger partial charge < -0.3 is 11.1 Å². The maximum atomic E-state index is 10.7. The molecule has 0 spiro atoms. The van der Waals surface area contributed by atoms with E-state index in [1.807, 2.05) is 11.6 Å². The van der Waals surface area contributed by atoms with Gasteiger partial charge in [0, 0.05) is 43.7 Å². The van der Waals surface area contributed by atoms with Crippen molar-refractivity contribution in [2.24, 2.45) is 5.73 Å². The number of nitrogens with one attached hydrogen (secondary N) is 1. The van der Waals surface area contributed by atoms with Crippen LogP contribution in [0.25, 0.3) is 0 Å². The molecule has 1 amide bonds. The van der Waals surface area contributed by atoms with E-state index in [0.29, 0.717) is 13.0 Å². The summed E-state index contributed by atoms with van der Waals surface area (Å²) < 4.78 is 1.93. The number of carbonyl (C=O) groups is 1. The van der Waals surface area contributed by atoms with Crippen LogP contribution in [-0.4, -0.2) is 22.2 Å². The Labute approximate surface area is 88.6 Å². The third-order valence-electron chi connectivity index (χ3n) is 2.78. The van der Waals surface area contributed by atoms with Crippen LogP contribution < -0.4 is 11.1 Å². The lowest BCUT2D eigenvalue weighted by atomic mass is 10.1. The summed E-state index contributed by atoms with van der Waals surface area (Å²) in [7, 11) is 0. The maximum Gasteiger partial charge on any atom is 0.219 e. The molecule has 82 valence electrons. The summed E-state index contributed by atoms with van der Waals surface area (Å²) in [5, 5.41) is 7.75. The molecule has 5 heteroatoms. The van der Waals surface area contributed by atoms with E-state index in [1.54, 1.807) is 0 Å². The van der Waals surface area contributed by atoms with Crippen molar-refractivity contribution in [2.75, 3.05) is 6.54 Å². The summed E-state index contributed by atoms with van der Waals surface area (Å²) >= 11 is 0. The fourth-order valence-corrected chi connectivity index (χ4v) is 2.00. The molecule has 0 atom stereocenters. The molecular weight excluding hydrogens is 192 g/mol. The highest BCUT2D eigenvalue weighted by atomic mass is 16.1. The number of fused-ring (bicyclic) bond motifs is 1. The Morgan fingerprint density at radius 1 is 1.67 bits per heavy atom. The summed E-state index contributed by atoms with van der Waals surface area (Å²) in [4.78, 5) is 10.7.